The second-order valence-electron chi connectivity index (χ2n) is 4.22. The summed E-state index contributed by atoms with van der Waals surface area (Å²) in [5, 5.41) is 0. The zero-order valence-corrected chi connectivity index (χ0v) is 9.68. The first-order valence-electron chi connectivity index (χ1n) is 5.51. The first kappa shape index (κ1) is 11.2. The normalized spacial score (nSPS) is 23.1. The predicted molar refractivity (Wildman–Crippen MR) is 59.1 cm³/mol. The molecule has 4 nitrogen and oxygen atoms in total. The number of furan rings is 1. The van der Waals surface area contributed by atoms with E-state index in [9.17, 15) is 4.79 Å². The van der Waals surface area contributed by atoms with Crippen LogP contribution in [-0.2, 0) is 9.53 Å². The van der Waals surface area contributed by atoms with Crippen LogP contribution in [0.1, 0.15) is 18.1 Å². The van der Waals surface area contributed by atoms with Gasteiger partial charge in [-0.3, -0.25) is 4.79 Å². The van der Waals surface area contributed by atoms with Crippen molar-refractivity contribution in [3.8, 4) is 0 Å². The minimum absolute atomic E-state index is 0.105. The van der Waals surface area contributed by atoms with Crippen molar-refractivity contribution in [2.24, 2.45) is 5.92 Å². The number of hydrogen-bond acceptors (Lipinski definition) is 3. The molecule has 2 atom stereocenters. The van der Waals surface area contributed by atoms with Gasteiger partial charge in [-0.1, -0.05) is 0 Å². The van der Waals surface area contributed by atoms with Crippen molar-refractivity contribution in [2.45, 2.75) is 12.3 Å². The standard InChI is InChI=1S/C12H17NO3/c1-13(5-7-15-2)12(14)10-8-9(10)11-4-3-6-16-11/h3-4,6,9-10H,5,7-8H2,1-2H3. The molecule has 0 N–H and O–H groups in total. The highest BCUT2D eigenvalue weighted by Gasteiger charge is 2.46. The molecular weight excluding hydrogens is 206 g/mol. The third kappa shape index (κ3) is 2.27. The molecule has 1 saturated carbocycles. The quantitative estimate of drug-likeness (QED) is 0.759. The molecular formula is C12H17NO3. The lowest BCUT2D eigenvalue weighted by atomic mass is 10.2. The Morgan fingerprint density at radius 3 is 3.12 bits per heavy atom. The van der Waals surface area contributed by atoms with Crippen LogP contribution in [0.15, 0.2) is 22.8 Å². The summed E-state index contributed by atoms with van der Waals surface area (Å²) < 4.78 is 10.3. The van der Waals surface area contributed by atoms with E-state index >= 15 is 0 Å². The Labute approximate surface area is 95.2 Å². The topological polar surface area (TPSA) is 42.7 Å². The average Bonchev–Trinajstić information content (AvgIpc) is 2.91. The van der Waals surface area contributed by atoms with Crippen molar-refractivity contribution in [1.29, 1.82) is 0 Å². The van der Waals surface area contributed by atoms with Gasteiger partial charge >= 0.3 is 0 Å². The van der Waals surface area contributed by atoms with Gasteiger partial charge in [-0.15, -0.1) is 0 Å². The van der Waals surface area contributed by atoms with E-state index in [0.717, 1.165) is 12.2 Å². The average molecular weight is 223 g/mol. The lowest BCUT2D eigenvalue weighted by molar-refractivity contribution is -0.131. The molecule has 1 heterocycles. The van der Waals surface area contributed by atoms with Gasteiger partial charge in [-0.2, -0.15) is 0 Å². The van der Waals surface area contributed by atoms with Crippen LogP contribution in [0.3, 0.4) is 0 Å². The van der Waals surface area contributed by atoms with Crippen LogP contribution in [0.25, 0.3) is 0 Å². The zero-order chi connectivity index (χ0) is 11.5. The number of carbonyl (C=O) groups is 1. The maximum absolute atomic E-state index is 11.9. The smallest absolute Gasteiger partial charge is 0.226 e. The van der Waals surface area contributed by atoms with Crippen LogP contribution >= 0.6 is 0 Å². The van der Waals surface area contributed by atoms with Crippen LogP contribution in [-0.4, -0.2) is 38.1 Å². The molecule has 0 aromatic carbocycles. The molecule has 0 radical (unpaired) electrons. The molecule has 0 saturated heterocycles. The number of rotatable bonds is 5. The lowest BCUT2D eigenvalue weighted by Crippen LogP contribution is -2.31. The first-order valence-corrected chi connectivity index (χ1v) is 5.51. The fraction of sp³-hybridized carbons (Fsp3) is 0.583. The van der Waals surface area contributed by atoms with E-state index in [-0.39, 0.29) is 17.7 Å². The molecule has 1 aromatic heterocycles. The predicted octanol–water partition coefficient (Wildman–Crippen LogP) is 1.49. The largest absolute Gasteiger partial charge is 0.469 e. The molecule has 0 bridgehead atoms. The van der Waals surface area contributed by atoms with E-state index in [1.165, 1.54) is 0 Å². The number of hydrogen-bond donors (Lipinski definition) is 0. The molecule has 1 aliphatic rings. The Hall–Kier alpha value is -1.29. The Kier molecular flexibility index (Phi) is 3.29. The molecule has 2 unspecified atom stereocenters. The fourth-order valence-corrected chi connectivity index (χ4v) is 1.91. The highest BCUT2D eigenvalue weighted by Crippen LogP contribution is 2.48. The Morgan fingerprint density at radius 1 is 1.69 bits per heavy atom. The molecule has 1 aromatic rings. The van der Waals surface area contributed by atoms with Crippen molar-refractivity contribution >= 4 is 5.91 Å². The van der Waals surface area contributed by atoms with E-state index < -0.39 is 0 Å². The Bertz CT molecular complexity index is 347. The van der Waals surface area contributed by atoms with E-state index in [0.29, 0.717) is 13.2 Å². The van der Waals surface area contributed by atoms with Gasteiger partial charge in [0, 0.05) is 32.5 Å². The molecule has 1 aliphatic carbocycles. The summed E-state index contributed by atoms with van der Waals surface area (Å²) in [5.74, 6) is 1.51. The van der Waals surface area contributed by atoms with E-state index in [1.807, 2.05) is 19.2 Å². The van der Waals surface area contributed by atoms with Crippen molar-refractivity contribution in [2.75, 3.05) is 27.3 Å². The molecule has 88 valence electrons. The van der Waals surface area contributed by atoms with Crippen LogP contribution in [0, 0.1) is 5.92 Å². The maximum Gasteiger partial charge on any atom is 0.226 e. The van der Waals surface area contributed by atoms with Crippen molar-refractivity contribution < 1.29 is 13.9 Å². The van der Waals surface area contributed by atoms with E-state index in [2.05, 4.69) is 0 Å². The highest BCUT2D eigenvalue weighted by atomic mass is 16.5. The molecule has 2 rings (SSSR count). The third-order valence-corrected chi connectivity index (χ3v) is 3.02. The Morgan fingerprint density at radius 2 is 2.50 bits per heavy atom. The van der Waals surface area contributed by atoms with Gasteiger partial charge in [0.1, 0.15) is 5.76 Å². The van der Waals surface area contributed by atoms with Gasteiger partial charge in [0.25, 0.3) is 0 Å². The number of carbonyl (C=O) groups excluding carboxylic acids is 1. The van der Waals surface area contributed by atoms with Crippen molar-refractivity contribution in [1.82, 2.24) is 4.90 Å². The van der Waals surface area contributed by atoms with Gasteiger partial charge in [0.15, 0.2) is 0 Å². The molecule has 4 heteroatoms. The number of likely N-dealkylation sites (N-methyl/N-ethyl adjacent to an activating group) is 1. The first-order chi connectivity index (χ1) is 7.74. The number of amides is 1. The minimum Gasteiger partial charge on any atom is -0.469 e. The number of ether oxygens (including phenoxy) is 1. The second-order valence-corrected chi connectivity index (χ2v) is 4.22. The summed E-state index contributed by atoms with van der Waals surface area (Å²) in [5.41, 5.74) is 0. The van der Waals surface area contributed by atoms with E-state index in [4.69, 9.17) is 9.15 Å². The second kappa shape index (κ2) is 4.70. The van der Waals surface area contributed by atoms with Crippen LogP contribution in [0.5, 0.6) is 0 Å². The fourth-order valence-electron chi connectivity index (χ4n) is 1.91. The Balaban J connectivity index is 1.84. The minimum atomic E-state index is 0.105. The number of methoxy groups -OCH3 is 1. The monoisotopic (exact) mass is 223 g/mol. The van der Waals surface area contributed by atoms with Gasteiger partial charge < -0.3 is 14.1 Å². The van der Waals surface area contributed by atoms with Crippen molar-refractivity contribution in [3.05, 3.63) is 24.2 Å². The highest BCUT2D eigenvalue weighted by molar-refractivity contribution is 5.82. The lowest BCUT2D eigenvalue weighted by Gasteiger charge is -2.16. The van der Waals surface area contributed by atoms with E-state index in [1.54, 1.807) is 18.3 Å². The van der Waals surface area contributed by atoms with Crippen molar-refractivity contribution in [3.63, 3.8) is 0 Å². The summed E-state index contributed by atoms with van der Waals surface area (Å²) in [6.07, 6.45) is 2.56. The van der Waals surface area contributed by atoms with Crippen LogP contribution in [0.4, 0.5) is 0 Å². The van der Waals surface area contributed by atoms with Gasteiger partial charge in [0.2, 0.25) is 5.91 Å². The molecule has 16 heavy (non-hydrogen) atoms. The van der Waals surface area contributed by atoms with Crippen LogP contribution in [0.2, 0.25) is 0 Å². The third-order valence-electron chi connectivity index (χ3n) is 3.02. The molecule has 1 amide bonds. The SMILES string of the molecule is COCCN(C)C(=O)C1CC1c1ccco1. The summed E-state index contributed by atoms with van der Waals surface area (Å²) in [4.78, 5) is 13.7. The van der Waals surface area contributed by atoms with Crippen LogP contribution < -0.4 is 0 Å². The summed E-state index contributed by atoms with van der Waals surface area (Å²) in [6.45, 7) is 1.23. The summed E-state index contributed by atoms with van der Waals surface area (Å²) in [6, 6.07) is 3.80. The zero-order valence-electron chi connectivity index (χ0n) is 9.68. The molecule has 0 spiro atoms. The van der Waals surface area contributed by atoms with Gasteiger partial charge in [-0.05, 0) is 18.6 Å². The molecule has 1 fully saturated rings. The van der Waals surface area contributed by atoms with Gasteiger partial charge in [-0.25, -0.2) is 0 Å². The maximum atomic E-state index is 11.9. The molecule has 0 aliphatic heterocycles. The summed E-state index contributed by atoms with van der Waals surface area (Å²) in [7, 11) is 3.46. The van der Waals surface area contributed by atoms with Gasteiger partial charge in [0.05, 0.1) is 12.9 Å². The number of nitrogens with zero attached hydrogens (tertiary/aromatic N) is 1. The summed E-state index contributed by atoms with van der Waals surface area (Å²) >= 11 is 0.